The highest BCUT2D eigenvalue weighted by atomic mass is 16.7. The SMILES string of the molecule is COC(CNc1nn(C)c2c1[C@H](c1ccccc1)C[C@H](C)C2)OC. The maximum atomic E-state index is 5.28. The van der Waals surface area contributed by atoms with E-state index in [1.165, 1.54) is 16.8 Å². The summed E-state index contributed by atoms with van der Waals surface area (Å²) < 4.78 is 12.6. The van der Waals surface area contributed by atoms with E-state index in [0.717, 1.165) is 18.7 Å². The number of hydrogen-bond donors (Lipinski definition) is 1. The minimum absolute atomic E-state index is 0.277. The summed E-state index contributed by atoms with van der Waals surface area (Å²) in [4.78, 5) is 0. The van der Waals surface area contributed by atoms with E-state index in [1.807, 2.05) is 11.7 Å². The molecular weight excluding hydrogens is 302 g/mol. The van der Waals surface area contributed by atoms with Gasteiger partial charge in [-0.2, -0.15) is 5.10 Å². The Morgan fingerprint density at radius 3 is 2.62 bits per heavy atom. The van der Waals surface area contributed by atoms with Gasteiger partial charge in [-0.05, 0) is 24.3 Å². The fourth-order valence-corrected chi connectivity index (χ4v) is 3.68. The van der Waals surface area contributed by atoms with Gasteiger partial charge < -0.3 is 14.8 Å². The summed E-state index contributed by atoms with van der Waals surface area (Å²) in [6, 6.07) is 10.7. The van der Waals surface area contributed by atoms with Crippen molar-refractivity contribution >= 4 is 5.82 Å². The lowest BCUT2D eigenvalue weighted by molar-refractivity contribution is -0.0914. The van der Waals surface area contributed by atoms with Gasteiger partial charge in [0.1, 0.15) is 0 Å². The molecule has 0 aliphatic heterocycles. The number of ether oxygens (including phenoxy) is 2. The molecule has 1 N–H and O–H groups in total. The van der Waals surface area contributed by atoms with Crippen LogP contribution in [0.5, 0.6) is 0 Å². The smallest absolute Gasteiger partial charge is 0.173 e. The zero-order valence-corrected chi connectivity index (χ0v) is 15.0. The molecule has 1 aliphatic carbocycles. The third-order valence-corrected chi connectivity index (χ3v) is 4.90. The average Bonchev–Trinajstić information content (AvgIpc) is 2.92. The third-order valence-electron chi connectivity index (χ3n) is 4.90. The number of nitrogens with one attached hydrogen (secondary N) is 1. The predicted octanol–water partition coefficient (Wildman–Crippen LogP) is 3.17. The number of aryl methyl sites for hydroxylation is 1. The van der Waals surface area contributed by atoms with Crippen molar-refractivity contribution in [3.8, 4) is 0 Å². The lowest BCUT2D eigenvalue weighted by atomic mass is 9.77. The van der Waals surface area contributed by atoms with Crippen LogP contribution in [0.15, 0.2) is 30.3 Å². The molecule has 1 aromatic heterocycles. The van der Waals surface area contributed by atoms with Crippen molar-refractivity contribution in [2.75, 3.05) is 26.1 Å². The Bertz CT molecular complexity index is 665. The van der Waals surface area contributed by atoms with E-state index in [4.69, 9.17) is 14.6 Å². The van der Waals surface area contributed by atoms with Crippen LogP contribution < -0.4 is 5.32 Å². The van der Waals surface area contributed by atoms with E-state index in [1.54, 1.807) is 14.2 Å². The average molecular weight is 329 g/mol. The quantitative estimate of drug-likeness (QED) is 0.827. The first-order chi connectivity index (χ1) is 11.6. The van der Waals surface area contributed by atoms with E-state index >= 15 is 0 Å². The van der Waals surface area contributed by atoms with Crippen molar-refractivity contribution < 1.29 is 9.47 Å². The molecule has 0 amide bonds. The van der Waals surface area contributed by atoms with E-state index in [2.05, 4.69) is 42.6 Å². The third kappa shape index (κ3) is 3.32. The maximum absolute atomic E-state index is 5.28. The molecule has 0 saturated carbocycles. The molecule has 0 unspecified atom stereocenters. The molecule has 24 heavy (non-hydrogen) atoms. The summed E-state index contributed by atoms with van der Waals surface area (Å²) in [5, 5.41) is 8.17. The first-order valence-corrected chi connectivity index (χ1v) is 8.54. The van der Waals surface area contributed by atoms with Gasteiger partial charge in [-0.25, -0.2) is 0 Å². The van der Waals surface area contributed by atoms with Crippen LogP contribution >= 0.6 is 0 Å². The number of aromatic nitrogens is 2. The minimum Gasteiger partial charge on any atom is -0.363 e. The van der Waals surface area contributed by atoms with E-state index in [0.29, 0.717) is 18.4 Å². The Balaban J connectivity index is 1.94. The minimum atomic E-state index is -0.277. The molecule has 5 nitrogen and oxygen atoms in total. The second-order valence-corrected chi connectivity index (χ2v) is 6.62. The number of hydrogen-bond acceptors (Lipinski definition) is 4. The lowest BCUT2D eigenvalue weighted by Gasteiger charge is -2.29. The first kappa shape index (κ1) is 17.0. The molecule has 0 spiro atoms. The number of anilines is 1. The first-order valence-electron chi connectivity index (χ1n) is 8.54. The van der Waals surface area contributed by atoms with Crippen molar-refractivity contribution in [2.45, 2.75) is 32.0 Å². The molecule has 1 heterocycles. The molecule has 0 saturated heterocycles. The van der Waals surface area contributed by atoms with E-state index in [-0.39, 0.29) is 6.29 Å². The topological polar surface area (TPSA) is 48.3 Å². The summed E-state index contributed by atoms with van der Waals surface area (Å²) in [5.74, 6) is 1.98. The van der Waals surface area contributed by atoms with Gasteiger partial charge >= 0.3 is 0 Å². The van der Waals surface area contributed by atoms with Crippen LogP contribution in [0, 0.1) is 5.92 Å². The second-order valence-electron chi connectivity index (χ2n) is 6.62. The summed E-state index contributed by atoms with van der Waals surface area (Å²) in [6.45, 7) is 2.90. The Morgan fingerprint density at radius 2 is 1.96 bits per heavy atom. The second kappa shape index (κ2) is 7.36. The molecule has 5 heteroatoms. The zero-order valence-electron chi connectivity index (χ0n) is 15.0. The zero-order chi connectivity index (χ0) is 17.1. The van der Waals surface area contributed by atoms with Crippen LogP contribution in [-0.2, 0) is 22.9 Å². The van der Waals surface area contributed by atoms with Gasteiger partial charge in [0.05, 0.1) is 6.54 Å². The van der Waals surface area contributed by atoms with Crippen LogP contribution in [0.4, 0.5) is 5.82 Å². The van der Waals surface area contributed by atoms with Crippen LogP contribution in [0.2, 0.25) is 0 Å². The number of methoxy groups -OCH3 is 2. The van der Waals surface area contributed by atoms with E-state index < -0.39 is 0 Å². The largest absolute Gasteiger partial charge is 0.363 e. The molecular formula is C19H27N3O2. The normalized spacial score (nSPS) is 20.2. The standard InChI is InChI=1S/C19H27N3O2/c1-13-10-15(14-8-6-5-7-9-14)18-16(11-13)22(2)21-19(18)20-12-17(23-3)24-4/h5-9,13,15,17H,10-12H2,1-4H3,(H,20,21)/t13-,15-/m0/s1. The Kier molecular flexibility index (Phi) is 5.21. The van der Waals surface area contributed by atoms with Crippen LogP contribution in [-0.4, -0.2) is 36.8 Å². The van der Waals surface area contributed by atoms with Crippen molar-refractivity contribution in [2.24, 2.45) is 13.0 Å². The Morgan fingerprint density at radius 1 is 1.25 bits per heavy atom. The Labute approximate surface area is 144 Å². The van der Waals surface area contributed by atoms with Crippen molar-refractivity contribution in [3.63, 3.8) is 0 Å². The molecule has 0 fully saturated rings. The van der Waals surface area contributed by atoms with Gasteiger partial charge in [0.25, 0.3) is 0 Å². The fraction of sp³-hybridized carbons (Fsp3) is 0.526. The number of rotatable bonds is 6. The van der Waals surface area contributed by atoms with Gasteiger partial charge in [-0.1, -0.05) is 37.3 Å². The molecule has 3 rings (SSSR count). The Hall–Kier alpha value is -1.85. The molecule has 2 aromatic rings. The molecule has 1 aliphatic rings. The molecule has 0 radical (unpaired) electrons. The van der Waals surface area contributed by atoms with Gasteiger partial charge in [-0.15, -0.1) is 0 Å². The molecule has 2 atom stereocenters. The lowest BCUT2D eigenvalue weighted by Crippen LogP contribution is -2.25. The summed E-state index contributed by atoms with van der Waals surface area (Å²) in [7, 11) is 5.34. The highest BCUT2D eigenvalue weighted by Gasteiger charge is 2.32. The monoisotopic (exact) mass is 329 g/mol. The van der Waals surface area contributed by atoms with Gasteiger partial charge in [0, 0.05) is 38.4 Å². The molecule has 0 bridgehead atoms. The predicted molar refractivity (Wildman–Crippen MR) is 95.3 cm³/mol. The molecule has 1 aromatic carbocycles. The summed E-state index contributed by atoms with van der Waals surface area (Å²) in [5.41, 5.74) is 4.01. The highest BCUT2D eigenvalue weighted by Crippen LogP contribution is 2.42. The van der Waals surface area contributed by atoms with Crippen LogP contribution in [0.1, 0.15) is 36.1 Å². The fourth-order valence-electron chi connectivity index (χ4n) is 3.68. The molecule has 130 valence electrons. The van der Waals surface area contributed by atoms with Crippen molar-refractivity contribution in [1.82, 2.24) is 9.78 Å². The van der Waals surface area contributed by atoms with Gasteiger partial charge in [0.15, 0.2) is 12.1 Å². The van der Waals surface area contributed by atoms with Crippen LogP contribution in [0.25, 0.3) is 0 Å². The van der Waals surface area contributed by atoms with Crippen molar-refractivity contribution in [1.29, 1.82) is 0 Å². The van der Waals surface area contributed by atoms with E-state index in [9.17, 15) is 0 Å². The summed E-state index contributed by atoms with van der Waals surface area (Å²) >= 11 is 0. The summed E-state index contributed by atoms with van der Waals surface area (Å²) in [6.07, 6.45) is 1.94. The van der Waals surface area contributed by atoms with Gasteiger partial charge in [0.2, 0.25) is 0 Å². The number of benzene rings is 1. The highest BCUT2D eigenvalue weighted by molar-refractivity contribution is 5.54. The van der Waals surface area contributed by atoms with Crippen LogP contribution in [0.3, 0.4) is 0 Å². The number of fused-ring (bicyclic) bond motifs is 1. The maximum Gasteiger partial charge on any atom is 0.173 e. The number of nitrogens with zero attached hydrogens (tertiary/aromatic N) is 2. The van der Waals surface area contributed by atoms with Gasteiger partial charge in [-0.3, -0.25) is 4.68 Å². The van der Waals surface area contributed by atoms with Crippen molar-refractivity contribution in [3.05, 3.63) is 47.2 Å².